The topological polar surface area (TPSA) is 24.9 Å². The number of hydrogen-bond donors (Lipinski definition) is 1. The van der Waals surface area contributed by atoms with Gasteiger partial charge in [-0.2, -0.15) is 0 Å². The van der Waals surface area contributed by atoms with Gasteiger partial charge in [0.05, 0.1) is 0 Å². The highest BCUT2D eigenvalue weighted by Crippen LogP contribution is 2.29. The zero-order valence-electron chi connectivity index (χ0n) is 10.7. The summed E-state index contributed by atoms with van der Waals surface area (Å²) in [6.07, 6.45) is 0.826. The van der Waals surface area contributed by atoms with Gasteiger partial charge in [-0.15, -0.1) is 0 Å². The summed E-state index contributed by atoms with van der Waals surface area (Å²) in [6.45, 7) is 4.23. The standard InChI is InChI=1S/C14H16ClFN2/c1-8(2)4-10-7-13(17-3)11-5-9(15)6-12(16)14(11)18-10/h5-8H,4H2,1-3H3,(H,17,18). The summed E-state index contributed by atoms with van der Waals surface area (Å²) in [5.41, 5.74) is 2.13. The number of anilines is 1. The van der Waals surface area contributed by atoms with Crippen LogP contribution in [0.25, 0.3) is 10.9 Å². The largest absolute Gasteiger partial charge is 0.388 e. The second-order valence-electron chi connectivity index (χ2n) is 4.79. The highest BCUT2D eigenvalue weighted by Gasteiger charge is 2.11. The van der Waals surface area contributed by atoms with E-state index in [9.17, 15) is 4.39 Å². The van der Waals surface area contributed by atoms with Gasteiger partial charge in [-0.1, -0.05) is 25.4 Å². The third-order valence-corrected chi connectivity index (χ3v) is 2.99. The second kappa shape index (κ2) is 5.11. The van der Waals surface area contributed by atoms with Gasteiger partial charge in [0, 0.05) is 28.8 Å². The van der Waals surface area contributed by atoms with Gasteiger partial charge in [0.15, 0.2) is 5.82 Å². The van der Waals surface area contributed by atoms with Crippen molar-refractivity contribution in [1.82, 2.24) is 4.98 Å². The summed E-state index contributed by atoms with van der Waals surface area (Å²) in [4.78, 5) is 4.39. The van der Waals surface area contributed by atoms with Crippen LogP contribution in [0.15, 0.2) is 18.2 Å². The maximum absolute atomic E-state index is 13.9. The van der Waals surface area contributed by atoms with E-state index in [0.29, 0.717) is 16.5 Å². The summed E-state index contributed by atoms with van der Waals surface area (Å²) in [7, 11) is 1.81. The predicted molar refractivity (Wildman–Crippen MR) is 74.8 cm³/mol. The molecule has 0 saturated carbocycles. The number of nitrogens with one attached hydrogen (secondary N) is 1. The van der Waals surface area contributed by atoms with Crippen molar-refractivity contribution in [3.63, 3.8) is 0 Å². The Morgan fingerprint density at radius 3 is 2.67 bits per heavy atom. The number of nitrogens with zero attached hydrogens (tertiary/aromatic N) is 1. The van der Waals surface area contributed by atoms with Crippen molar-refractivity contribution in [2.24, 2.45) is 5.92 Å². The Balaban J connectivity index is 2.67. The number of rotatable bonds is 3. The van der Waals surface area contributed by atoms with Crippen LogP contribution in [-0.4, -0.2) is 12.0 Å². The Morgan fingerprint density at radius 1 is 1.33 bits per heavy atom. The number of pyridine rings is 1. The van der Waals surface area contributed by atoms with Gasteiger partial charge in [-0.25, -0.2) is 9.37 Å². The maximum atomic E-state index is 13.9. The molecule has 0 radical (unpaired) electrons. The molecule has 96 valence electrons. The fraction of sp³-hybridized carbons (Fsp3) is 0.357. The molecule has 2 nitrogen and oxygen atoms in total. The number of halogens is 2. The molecule has 18 heavy (non-hydrogen) atoms. The molecule has 0 aliphatic rings. The quantitative estimate of drug-likeness (QED) is 0.897. The fourth-order valence-corrected chi connectivity index (χ4v) is 2.24. The maximum Gasteiger partial charge on any atom is 0.150 e. The average molecular weight is 267 g/mol. The molecule has 0 unspecified atom stereocenters. The summed E-state index contributed by atoms with van der Waals surface area (Å²) in [5, 5.41) is 4.17. The average Bonchev–Trinajstić information content (AvgIpc) is 2.28. The molecule has 0 amide bonds. The lowest BCUT2D eigenvalue weighted by molar-refractivity contribution is 0.625. The first-order chi connectivity index (χ1) is 8.51. The molecule has 0 bridgehead atoms. The van der Waals surface area contributed by atoms with E-state index >= 15 is 0 Å². The SMILES string of the molecule is CNc1cc(CC(C)C)nc2c(F)cc(Cl)cc12. The summed E-state index contributed by atoms with van der Waals surface area (Å²) in [5.74, 6) is 0.106. The Kier molecular flexibility index (Phi) is 3.71. The Hall–Kier alpha value is -1.35. The van der Waals surface area contributed by atoms with E-state index in [1.54, 1.807) is 6.07 Å². The predicted octanol–water partition coefficient (Wildman–Crippen LogP) is 4.27. The molecule has 0 atom stereocenters. The minimum atomic E-state index is -0.375. The molecule has 4 heteroatoms. The molecule has 0 aliphatic carbocycles. The molecular formula is C14H16ClFN2. The van der Waals surface area contributed by atoms with Crippen LogP contribution in [0.1, 0.15) is 19.5 Å². The molecule has 1 heterocycles. The van der Waals surface area contributed by atoms with Crippen LogP contribution in [0.5, 0.6) is 0 Å². The van der Waals surface area contributed by atoms with E-state index < -0.39 is 0 Å². The molecule has 0 saturated heterocycles. The monoisotopic (exact) mass is 266 g/mol. The summed E-state index contributed by atoms with van der Waals surface area (Å²) >= 11 is 5.88. The van der Waals surface area contributed by atoms with Crippen molar-refractivity contribution in [2.45, 2.75) is 20.3 Å². The lowest BCUT2D eigenvalue weighted by atomic mass is 10.1. The smallest absolute Gasteiger partial charge is 0.150 e. The van der Waals surface area contributed by atoms with Crippen molar-refractivity contribution < 1.29 is 4.39 Å². The Labute approximate surface area is 111 Å². The third kappa shape index (κ3) is 2.56. The summed E-state index contributed by atoms with van der Waals surface area (Å²) in [6, 6.07) is 4.99. The first kappa shape index (κ1) is 13.1. The van der Waals surface area contributed by atoms with Gasteiger partial charge < -0.3 is 5.32 Å². The number of hydrogen-bond acceptors (Lipinski definition) is 2. The van der Waals surface area contributed by atoms with Gasteiger partial charge in [0.2, 0.25) is 0 Å². The second-order valence-corrected chi connectivity index (χ2v) is 5.23. The minimum Gasteiger partial charge on any atom is -0.388 e. The van der Waals surface area contributed by atoms with Crippen LogP contribution in [0.4, 0.5) is 10.1 Å². The molecule has 0 spiro atoms. The van der Waals surface area contributed by atoms with E-state index in [1.807, 2.05) is 13.1 Å². The van der Waals surface area contributed by atoms with E-state index in [0.717, 1.165) is 23.2 Å². The first-order valence-electron chi connectivity index (χ1n) is 5.97. The number of fused-ring (bicyclic) bond motifs is 1. The van der Waals surface area contributed by atoms with E-state index in [4.69, 9.17) is 11.6 Å². The van der Waals surface area contributed by atoms with Crippen molar-refractivity contribution in [3.05, 3.63) is 34.7 Å². The molecule has 1 N–H and O–H groups in total. The third-order valence-electron chi connectivity index (χ3n) is 2.77. The van der Waals surface area contributed by atoms with Gasteiger partial charge >= 0.3 is 0 Å². The molecule has 0 fully saturated rings. The zero-order chi connectivity index (χ0) is 13.3. The van der Waals surface area contributed by atoms with Gasteiger partial charge in [0.1, 0.15) is 5.52 Å². The normalized spacial score (nSPS) is 11.2. The van der Waals surface area contributed by atoms with Crippen LogP contribution < -0.4 is 5.32 Å². The van der Waals surface area contributed by atoms with Crippen LogP contribution in [-0.2, 0) is 6.42 Å². The molecule has 1 aromatic heterocycles. The van der Waals surface area contributed by atoms with E-state index in [2.05, 4.69) is 24.1 Å². The molecular weight excluding hydrogens is 251 g/mol. The molecule has 2 rings (SSSR count). The lowest BCUT2D eigenvalue weighted by Crippen LogP contribution is -2.01. The molecule has 0 aliphatic heterocycles. The van der Waals surface area contributed by atoms with Crippen LogP contribution >= 0.6 is 11.6 Å². The van der Waals surface area contributed by atoms with Crippen molar-refractivity contribution >= 4 is 28.2 Å². The highest BCUT2D eigenvalue weighted by molar-refractivity contribution is 6.31. The highest BCUT2D eigenvalue weighted by atomic mass is 35.5. The van der Waals surface area contributed by atoms with Crippen LogP contribution in [0.3, 0.4) is 0 Å². The van der Waals surface area contributed by atoms with Gasteiger partial charge in [-0.3, -0.25) is 0 Å². The lowest BCUT2D eigenvalue weighted by Gasteiger charge is -2.11. The van der Waals surface area contributed by atoms with Crippen LogP contribution in [0, 0.1) is 11.7 Å². The van der Waals surface area contributed by atoms with E-state index in [-0.39, 0.29) is 5.82 Å². The van der Waals surface area contributed by atoms with Crippen LogP contribution in [0.2, 0.25) is 5.02 Å². The Morgan fingerprint density at radius 2 is 2.06 bits per heavy atom. The molecule has 1 aromatic carbocycles. The zero-order valence-corrected chi connectivity index (χ0v) is 11.5. The fourth-order valence-electron chi connectivity index (χ4n) is 2.03. The van der Waals surface area contributed by atoms with Crippen molar-refractivity contribution in [1.29, 1.82) is 0 Å². The Bertz CT molecular complexity index is 582. The van der Waals surface area contributed by atoms with Crippen molar-refractivity contribution in [2.75, 3.05) is 12.4 Å². The number of aromatic nitrogens is 1. The molecule has 2 aromatic rings. The minimum absolute atomic E-state index is 0.375. The van der Waals surface area contributed by atoms with Crippen molar-refractivity contribution in [3.8, 4) is 0 Å². The number of benzene rings is 1. The van der Waals surface area contributed by atoms with Gasteiger partial charge in [0.25, 0.3) is 0 Å². The van der Waals surface area contributed by atoms with Gasteiger partial charge in [-0.05, 0) is 30.5 Å². The first-order valence-corrected chi connectivity index (χ1v) is 6.35. The van der Waals surface area contributed by atoms with E-state index in [1.165, 1.54) is 6.07 Å². The summed E-state index contributed by atoms with van der Waals surface area (Å²) < 4.78 is 13.9.